The van der Waals surface area contributed by atoms with Crippen molar-refractivity contribution in [2.75, 3.05) is 0 Å². The van der Waals surface area contributed by atoms with Gasteiger partial charge in [0.1, 0.15) is 6.10 Å². The average Bonchev–Trinajstić information content (AvgIpc) is 2.18. The molecule has 2 aliphatic rings. The Kier molecular flexibility index (Phi) is 1.95. The summed E-state index contributed by atoms with van der Waals surface area (Å²) < 4.78 is 11.6. The normalized spacial score (nSPS) is 55.4. The lowest BCUT2D eigenvalue weighted by molar-refractivity contribution is -0.326. The van der Waals surface area contributed by atoms with E-state index in [0.29, 0.717) is 12.8 Å². The predicted molar refractivity (Wildman–Crippen MR) is 48.3 cm³/mol. The monoisotopic (exact) mass is 186 g/mol. The summed E-state index contributed by atoms with van der Waals surface area (Å²) in [6.45, 7) is 6.10. The van der Waals surface area contributed by atoms with E-state index in [2.05, 4.69) is 6.92 Å². The van der Waals surface area contributed by atoms with Gasteiger partial charge in [-0.05, 0) is 13.8 Å². The molecule has 1 N–H and O–H groups in total. The van der Waals surface area contributed by atoms with Crippen LogP contribution in [0, 0.1) is 0 Å². The smallest absolute Gasteiger partial charge is 0.195 e. The maximum atomic E-state index is 9.88. The maximum absolute atomic E-state index is 9.88. The van der Waals surface area contributed by atoms with Crippen molar-refractivity contribution < 1.29 is 14.6 Å². The van der Waals surface area contributed by atoms with E-state index in [0.717, 1.165) is 6.42 Å². The van der Waals surface area contributed by atoms with Crippen molar-refractivity contribution in [1.29, 1.82) is 0 Å². The molecule has 0 aliphatic carbocycles. The molecule has 13 heavy (non-hydrogen) atoms. The molecule has 0 unspecified atom stereocenters. The van der Waals surface area contributed by atoms with Crippen molar-refractivity contribution in [2.24, 2.45) is 0 Å². The zero-order chi connectivity index (χ0) is 9.69. The third kappa shape index (κ3) is 1.30. The molecule has 4 atom stereocenters. The van der Waals surface area contributed by atoms with E-state index < -0.39 is 11.9 Å². The molecule has 0 saturated carbocycles. The van der Waals surface area contributed by atoms with Gasteiger partial charge < -0.3 is 14.6 Å². The molecule has 0 aromatic heterocycles. The van der Waals surface area contributed by atoms with Gasteiger partial charge in [0.15, 0.2) is 5.79 Å². The second kappa shape index (κ2) is 2.69. The number of aliphatic hydroxyl groups is 1. The van der Waals surface area contributed by atoms with Crippen molar-refractivity contribution in [1.82, 2.24) is 0 Å². The number of rotatable bonds is 1. The molecule has 0 aromatic carbocycles. The molecule has 2 saturated heterocycles. The highest BCUT2D eigenvalue weighted by Crippen LogP contribution is 2.48. The van der Waals surface area contributed by atoms with Crippen LogP contribution in [0.1, 0.15) is 40.0 Å². The summed E-state index contributed by atoms with van der Waals surface area (Å²) in [6.07, 6.45) is 2.02. The molecule has 0 amide bonds. The minimum absolute atomic E-state index is 0.174. The van der Waals surface area contributed by atoms with E-state index in [4.69, 9.17) is 9.47 Å². The summed E-state index contributed by atoms with van der Waals surface area (Å²) in [5.74, 6) is -0.716. The quantitative estimate of drug-likeness (QED) is 0.673. The molecule has 0 aromatic rings. The third-order valence-electron chi connectivity index (χ3n) is 3.16. The largest absolute Gasteiger partial charge is 0.387 e. The van der Waals surface area contributed by atoms with Gasteiger partial charge in [0.05, 0.1) is 11.7 Å². The minimum Gasteiger partial charge on any atom is -0.387 e. The molecule has 2 bridgehead atoms. The first-order chi connectivity index (χ1) is 6.00. The maximum Gasteiger partial charge on any atom is 0.195 e. The van der Waals surface area contributed by atoms with Crippen LogP contribution in [0.4, 0.5) is 0 Å². The van der Waals surface area contributed by atoms with Crippen molar-refractivity contribution in [3.05, 3.63) is 0 Å². The van der Waals surface area contributed by atoms with E-state index >= 15 is 0 Å². The summed E-state index contributed by atoms with van der Waals surface area (Å²) >= 11 is 0. The summed E-state index contributed by atoms with van der Waals surface area (Å²) in [7, 11) is 0. The fourth-order valence-corrected chi connectivity index (χ4v) is 2.70. The molecule has 76 valence electrons. The van der Waals surface area contributed by atoms with Crippen molar-refractivity contribution in [3.63, 3.8) is 0 Å². The van der Waals surface area contributed by atoms with E-state index in [9.17, 15) is 5.11 Å². The van der Waals surface area contributed by atoms with Crippen LogP contribution < -0.4 is 0 Å². The summed E-state index contributed by atoms with van der Waals surface area (Å²) in [5, 5.41) is 9.88. The van der Waals surface area contributed by atoms with Crippen LogP contribution in [-0.2, 0) is 9.47 Å². The number of hydrogen-bond donors (Lipinski definition) is 1. The number of aliphatic hydroxyl groups excluding tert-OH is 1. The Morgan fingerprint density at radius 1 is 1.46 bits per heavy atom. The molecule has 2 heterocycles. The summed E-state index contributed by atoms with van der Waals surface area (Å²) in [5.41, 5.74) is -0.174. The van der Waals surface area contributed by atoms with Crippen LogP contribution in [0.3, 0.4) is 0 Å². The Bertz CT molecular complexity index is 218. The van der Waals surface area contributed by atoms with Gasteiger partial charge in [-0.3, -0.25) is 0 Å². The van der Waals surface area contributed by atoms with E-state index in [1.165, 1.54) is 0 Å². The van der Waals surface area contributed by atoms with Crippen molar-refractivity contribution >= 4 is 0 Å². The average molecular weight is 186 g/mol. The second-order valence-electron chi connectivity index (χ2n) is 4.57. The number of hydrogen-bond acceptors (Lipinski definition) is 3. The number of fused-ring (bicyclic) bond motifs is 2. The van der Waals surface area contributed by atoms with Crippen LogP contribution in [0.15, 0.2) is 0 Å². The van der Waals surface area contributed by atoms with Gasteiger partial charge in [-0.15, -0.1) is 0 Å². The molecule has 0 spiro atoms. The van der Waals surface area contributed by atoms with Gasteiger partial charge in [0.2, 0.25) is 0 Å². The topological polar surface area (TPSA) is 38.7 Å². The first-order valence-corrected chi connectivity index (χ1v) is 5.06. The van der Waals surface area contributed by atoms with Crippen LogP contribution in [0.25, 0.3) is 0 Å². The second-order valence-corrected chi connectivity index (χ2v) is 4.57. The van der Waals surface area contributed by atoms with Gasteiger partial charge in [0.25, 0.3) is 0 Å². The van der Waals surface area contributed by atoms with Gasteiger partial charge >= 0.3 is 0 Å². The highest BCUT2D eigenvalue weighted by molar-refractivity contribution is 5.00. The fraction of sp³-hybridized carbons (Fsp3) is 1.00. The SMILES string of the molecule is CC[C@@]12O[C@H](C)C[C@@](C)(C[C@H]1O)O2. The minimum atomic E-state index is -0.716. The van der Waals surface area contributed by atoms with E-state index in [1.807, 2.05) is 13.8 Å². The molecular formula is C10H18O3. The standard InChI is InChI=1S/C10H18O3/c1-4-10-8(11)6-9(3,13-10)5-7(2)12-10/h7-8,11H,4-6H2,1-3H3/t7-,8-,9+,10+/m1/s1. The summed E-state index contributed by atoms with van der Waals surface area (Å²) in [4.78, 5) is 0. The Labute approximate surface area is 79.0 Å². The zero-order valence-electron chi connectivity index (χ0n) is 8.54. The zero-order valence-corrected chi connectivity index (χ0v) is 8.54. The Balaban J connectivity index is 2.28. The molecule has 3 nitrogen and oxygen atoms in total. The van der Waals surface area contributed by atoms with Crippen LogP contribution >= 0.6 is 0 Å². The van der Waals surface area contributed by atoms with Gasteiger partial charge in [-0.25, -0.2) is 0 Å². The molecule has 3 heteroatoms. The van der Waals surface area contributed by atoms with Gasteiger partial charge in [-0.1, -0.05) is 6.92 Å². The van der Waals surface area contributed by atoms with Crippen molar-refractivity contribution in [3.8, 4) is 0 Å². The highest BCUT2D eigenvalue weighted by Gasteiger charge is 2.57. The third-order valence-corrected chi connectivity index (χ3v) is 3.16. The Morgan fingerprint density at radius 3 is 2.77 bits per heavy atom. The number of ether oxygens (including phenoxy) is 2. The molecule has 2 rings (SSSR count). The Morgan fingerprint density at radius 2 is 2.15 bits per heavy atom. The molecule has 2 aliphatic heterocycles. The molecule has 0 radical (unpaired) electrons. The van der Waals surface area contributed by atoms with Crippen LogP contribution in [0.2, 0.25) is 0 Å². The fourth-order valence-electron chi connectivity index (χ4n) is 2.70. The predicted octanol–water partition coefficient (Wildman–Crippen LogP) is 1.44. The van der Waals surface area contributed by atoms with Crippen molar-refractivity contribution in [2.45, 2.75) is 63.6 Å². The van der Waals surface area contributed by atoms with Gasteiger partial charge in [0, 0.05) is 19.3 Å². The lowest BCUT2D eigenvalue weighted by Gasteiger charge is -2.41. The Hall–Kier alpha value is -0.120. The lowest BCUT2D eigenvalue weighted by atomic mass is 9.95. The van der Waals surface area contributed by atoms with Crippen LogP contribution in [-0.4, -0.2) is 28.7 Å². The molecular weight excluding hydrogens is 168 g/mol. The van der Waals surface area contributed by atoms with Crippen LogP contribution in [0.5, 0.6) is 0 Å². The summed E-state index contributed by atoms with van der Waals surface area (Å²) in [6, 6.07) is 0. The first kappa shape index (κ1) is 9.44. The first-order valence-electron chi connectivity index (χ1n) is 5.06. The van der Waals surface area contributed by atoms with E-state index in [1.54, 1.807) is 0 Å². The lowest BCUT2D eigenvalue weighted by Crippen LogP contribution is -2.49. The van der Waals surface area contributed by atoms with Gasteiger partial charge in [-0.2, -0.15) is 0 Å². The van der Waals surface area contributed by atoms with E-state index in [-0.39, 0.29) is 11.7 Å². The molecule has 2 fully saturated rings. The highest BCUT2D eigenvalue weighted by atomic mass is 16.7.